The van der Waals surface area contributed by atoms with E-state index in [1.165, 1.54) is 12.1 Å². The maximum atomic E-state index is 13.2. The first kappa shape index (κ1) is 12.3. The molecule has 2 rings (SSSR count). The largest absolute Gasteiger partial charge is 0.382 e. The number of halogens is 1. The quantitative estimate of drug-likeness (QED) is 0.655. The Bertz CT molecular complexity index is 561. The van der Waals surface area contributed by atoms with Crippen LogP contribution in [0.3, 0.4) is 0 Å². The van der Waals surface area contributed by atoms with Crippen LogP contribution in [0.2, 0.25) is 0 Å². The molecule has 5 heteroatoms. The fraction of sp³-hybridized carbons (Fsp3) is 0.417. The second kappa shape index (κ2) is 5.42. The molecule has 92 valence electrons. The number of benzene rings is 1. The number of nitrogens with one attached hydrogen (secondary N) is 1. The number of H-pyrrole nitrogens is 1. The zero-order chi connectivity index (χ0) is 12.3. The van der Waals surface area contributed by atoms with Gasteiger partial charge in [-0.25, -0.2) is 4.39 Å². The monoisotopic (exact) mass is 254 g/mol. The Morgan fingerprint density at radius 3 is 3.06 bits per heavy atom. The summed E-state index contributed by atoms with van der Waals surface area (Å²) < 4.78 is 21.0. The van der Waals surface area contributed by atoms with Gasteiger partial charge in [-0.1, -0.05) is 0 Å². The predicted molar refractivity (Wildman–Crippen MR) is 68.2 cm³/mol. The van der Waals surface area contributed by atoms with Crippen molar-refractivity contribution in [3.63, 3.8) is 0 Å². The van der Waals surface area contributed by atoms with Crippen molar-refractivity contribution in [1.29, 1.82) is 0 Å². The molecule has 1 heterocycles. The number of hydrogen-bond donors (Lipinski definition) is 1. The molecule has 0 aliphatic carbocycles. The van der Waals surface area contributed by atoms with Crippen LogP contribution in [0.25, 0.3) is 11.0 Å². The van der Waals surface area contributed by atoms with E-state index in [0.29, 0.717) is 18.0 Å². The summed E-state index contributed by atoms with van der Waals surface area (Å²) in [5, 5.41) is 0. The molecule has 0 bridgehead atoms. The van der Waals surface area contributed by atoms with Gasteiger partial charge in [-0.3, -0.25) is 0 Å². The van der Waals surface area contributed by atoms with Gasteiger partial charge in [-0.05, 0) is 43.8 Å². The molecule has 2 aromatic rings. The number of ether oxygens (including phenoxy) is 1. The number of aromatic nitrogens is 2. The lowest BCUT2D eigenvalue weighted by Gasteiger charge is -2.04. The number of aryl methyl sites for hydroxylation is 1. The molecular weight excluding hydrogens is 239 g/mol. The third-order valence-electron chi connectivity index (χ3n) is 2.61. The van der Waals surface area contributed by atoms with Gasteiger partial charge in [-0.2, -0.15) is 0 Å². The van der Waals surface area contributed by atoms with Crippen LogP contribution in [-0.4, -0.2) is 22.8 Å². The molecule has 0 saturated heterocycles. The highest BCUT2D eigenvalue weighted by atomic mass is 32.1. The Balaban J connectivity index is 2.23. The highest BCUT2D eigenvalue weighted by molar-refractivity contribution is 7.71. The number of aromatic amines is 1. The molecule has 1 aromatic heterocycles. The van der Waals surface area contributed by atoms with Crippen molar-refractivity contribution in [1.82, 2.24) is 9.55 Å². The highest BCUT2D eigenvalue weighted by Crippen LogP contribution is 2.15. The van der Waals surface area contributed by atoms with Crippen LogP contribution in [0.15, 0.2) is 18.2 Å². The summed E-state index contributed by atoms with van der Waals surface area (Å²) in [6.45, 7) is 4.11. The fourth-order valence-corrected chi connectivity index (χ4v) is 2.12. The minimum atomic E-state index is -0.245. The molecule has 0 spiro atoms. The number of fused-ring (bicyclic) bond motifs is 1. The molecule has 0 amide bonds. The average Bonchev–Trinajstić information content (AvgIpc) is 2.61. The number of hydrogen-bond acceptors (Lipinski definition) is 2. The van der Waals surface area contributed by atoms with Gasteiger partial charge in [0.1, 0.15) is 5.82 Å². The SMILES string of the molecule is CCOCCCn1c(=S)[nH]c2ccc(F)cc21. The molecule has 0 fully saturated rings. The minimum absolute atomic E-state index is 0.245. The molecule has 3 nitrogen and oxygen atoms in total. The fourth-order valence-electron chi connectivity index (χ4n) is 1.82. The van der Waals surface area contributed by atoms with Gasteiger partial charge in [0, 0.05) is 19.8 Å². The first-order chi connectivity index (χ1) is 8.22. The molecule has 1 N–H and O–H groups in total. The van der Waals surface area contributed by atoms with Crippen molar-refractivity contribution in [2.45, 2.75) is 19.9 Å². The van der Waals surface area contributed by atoms with Crippen LogP contribution < -0.4 is 0 Å². The van der Waals surface area contributed by atoms with E-state index in [1.54, 1.807) is 6.07 Å². The second-order valence-electron chi connectivity index (χ2n) is 3.79. The molecule has 17 heavy (non-hydrogen) atoms. The van der Waals surface area contributed by atoms with Gasteiger partial charge >= 0.3 is 0 Å². The first-order valence-corrected chi connectivity index (χ1v) is 6.09. The summed E-state index contributed by atoms with van der Waals surface area (Å²) in [6, 6.07) is 4.64. The van der Waals surface area contributed by atoms with Crippen LogP contribution in [-0.2, 0) is 11.3 Å². The van der Waals surface area contributed by atoms with E-state index in [1.807, 2.05) is 11.5 Å². The summed E-state index contributed by atoms with van der Waals surface area (Å²) >= 11 is 5.22. The predicted octanol–water partition coefficient (Wildman–Crippen LogP) is 3.26. The van der Waals surface area contributed by atoms with Crippen molar-refractivity contribution in [2.75, 3.05) is 13.2 Å². The average molecular weight is 254 g/mol. The Morgan fingerprint density at radius 1 is 1.47 bits per heavy atom. The zero-order valence-corrected chi connectivity index (χ0v) is 10.5. The summed E-state index contributed by atoms with van der Waals surface area (Å²) in [5.41, 5.74) is 1.68. The standard InChI is InChI=1S/C12H15FN2OS/c1-2-16-7-3-6-15-11-8-9(13)4-5-10(11)14-12(15)17/h4-5,8H,2-3,6-7H2,1H3,(H,14,17). The molecule has 0 atom stereocenters. The van der Waals surface area contributed by atoms with Crippen molar-refractivity contribution in [3.8, 4) is 0 Å². The van der Waals surface area contributed by atoms with Crippen LogP contribution in [0, 0.1) is 10.6 Å². The van der Waals surface area contributed by atoms with Crippen molar-refractivity contribution in [3.05, 3.63) is 28.8 Å². The lowest BCUT2D eigenvalue weighted by molar-refractivity contribution is 0.142. The van der Waals surface area contributed by atoms with Crippen LogP contribution >= 0.6 is 12.2 Å². The van der Waals surface area contributed by atoms with E-state index >= 15 is 0 Å². The Labute approximate surface area is 104 Å². The number of nitrogens with zero attached hydrogens (tertiary/aromatic N) is 1. The van der Waals surface area contributed by atoms with Crippen LogP contribution in [0.4, 0.5) is 4.39 Å². The molecule has 0 saturated carbocycles. The van der Waals surface area contributed by atoms with E-state index < -0.39 is 0 Å². The first-order valence-electron chi connectivity index (χ1n) is 5.68. The topological polar surface area (TPSA) is 29.9 Å². The summed E-state index contributed by atoms with van der Waals surface area (Å²) in [7, 11) is 0. The van der Waals surface area contributed by atoms with Gasteiger partial charge in [0.25, 0.3) is 0 Å². The third-order valence-corrected chi connectivity index (χ3v) is 2.93. The second-order valence-corrected chi connectivity index (χ2v) is 4.18. The van der Waals surface area contributed by atoms with E-state index in [0.717, 1.165) is 24.0 Å². The van der Waals surface area contributed by atoms with E-state index in [-0.39, 0.29) is 5.82 Å². The van der Waals surface area contributed by atoms with Crippen molar-refractivity contribution in [2.24, 2.45) is 0 Å². The molecular formula is C12H15FN2OS. The van der Waals surface area contributed by atoms with E-state index in [2.05, 4.69) is 4.98 Å². The maximum Gasteiger partial charge on any atom is 0.178 e. The Morgan fingerprint density at radius 2 is 2.29 bits per heavy atom. The number of rotatable bonds is 5. The molecule has 0 radical (unpaired) electrons. The van der Waals surface area contributed by atoms with Crippen LogP contribution in [0.1, 0.15) is 13.3 Å². The lowest BCUT2D eigenvalue weighted by Crippen LogP contribution is -2.02. The summed E-state index contributed by atoms with van der Waals surface area (Å²) in [5.74, 6) is -0.245. The molecule has 0 unspecified atom stereocenters. The summed E-state index contributed by atoms with van der Waals surface area (Å²) in [6.07, 6.45) is 0.867. The molecule has 0 aliphatic rings. The summed E-state index contributed by atoms with van der Waals surface area (Å²) in [4.78, 5) is 3.07. The molecule has 0 aliphatic heterocycles. The highest BCUT2D eigenvalue weighted by Gasteiger charge is 2.05. The van der Waals surface area contributed by atoms with Gasteiger partial charge < -0.3 is 14.3 Å². The lowest BCUT2D eigenvalue weighted by atomic mass is 10.3. The Hall–Kier alpha value is -1.20. The van der Waals surface area contributed by atoms with Crippen LogP contribution in [0.5, 0.6) is 0 Å². The maximum absolute atomic E-state index is 13.2. The normalized spacial score (nSPS) is 11.2. The smallest absolute Gasteiger partial charge is 0.178 e. The minimum Gasteiger partial charge on any atom is -0.382 e. The number of imidazole rings is 1. The van der Waals surface area contributed by atoms with Gasteiger partial charge in [0.05, 0.1) is 11.0 Å². The van der Waals surface area contributed by atoms with Crippen molar-refractivity contribution < 1.29 is 9.13 Å². The zero-order valence-electron chi connectivity index (χ0n) is 9.70. The van der Waals surface area contributed by atoms with E-state index in [4.69, 9.17) is 17.0 Å². The van der Waals surface area contributed by atoms with Gasteiger partial charge in [0.15, 0.2) is 4.77 Å². The van der Waals surface area contributed by atoms with Crippen molar-refractivity contribution >= 4 is 23.3 Å². The van der Waals surface area contributed by atoms with E-state index in [9.17, 15) is 4.39 Å². The molecule has 1 aromatic carbocycles. The van der Waals surface area contributed by atoms with Gasteiger partial charge in [-0.15, -0.1) is 0 Å². The Kier molecular flexibility index (Phi) is 3.91. The van der Waals surface area contributed by atoms with Gasteiger partial charge in [0.2, 0.25) is 0 Å². The third kappa shape index (κ3) is 2.73.